The average molecular weight is 401 g/mol. The number of nitrogens with one attached hydrogen (secondary N) is 1. The minimum atomic E-state index is -0.498. The minimum absolute atomic E-state index is 0.0210. The van der Waals surface area contributed by atoms with Crippen molar-refractivity contribution in [3.63, 3.8) is 0 Å². The Morgan fingerprint density at radius 3 is 2.68 bits per heavy atom. The molecule has 146 valence electrons. The van der Waals surface area contributed by atoms with Crippen molar-refractivity contribution < 1.29 is 9.18 Å². The van der Waals surface area contributed by atoms with Crippen LogP contribution in [-0.4, -0.2) is 33.6 Å². The number of aromatic nitrogens is 3. The van der Waals surface area contributed by atoms with E-state index in [1.165, 1.54) is 34.8 Å². The first-order chi connectivity index (χ1) is 13.6. The Morgan fingerprint density at radius 1 is 1.18 bits per heavy atom. The van der Waals surface area contributed by atoms with Gasteiger partial charge >= 0.3 is 0 Å². The molecule has 1 aliphatic heterocycles. The largest absolute Gasteiger partial charge is 0.347 e. The summed E-state index contributed by atoms with van der Waals surface area (Å²) < 4.78 is 15.2. The molecule has 0 radical (unpaired) electrons. The normalized spacial score (nSPS) is 14.8. The van der Waals surface area contributed by atoms with Gasteiger partial charge in [0.25, 0.3) is 11.5 Å². The topological polar surface area (TPSA) is 79.6 Å². The number of hydrogen-bond acceptors (Lipinski definition) is 6. The molecule has 1 saturated heterocycles. The average Bonchev–Trinajstić information content (AvgIpc) is 2.92. The third kappa shape index (κ3) is 3.89. The van der Waals surface area contributed by atoms with Gasteiger partial charge in [0, 0.05) is 31.3 Å². The molecule has 2 aromatic heterocycles. The zero-order valence-corrected chi connectivity index (χ0v) is 16.0. The van der Waals surface area contributed by atoms with Crippen molar-refractivity contribution >= 4 is 27.3 Å². The highest BCUT2D eigenvalue weighted by Gasteiger charge is 2.19. The van der Waals surface area contributed by atoms with Crippen molar-refractivity contribution in [2.24, 2.45) is 0 Å². The van der Waals surface area contributed by atoms with Gasteiger partial charge in [-0.2, -0.15) is 9.50 Å². The molecule has 0 spiro atoms. The molecule has 4 rings (SSSR count). The molecule has 3 aromatic rings. The number of carbonyl (C=O) groups excluding carboxylic acids is 1. The van der Waals surface area contributed by atoms with E-state index in [1.54, 1.807) is 18.2 Å². The molecule has 9 heteroatoms. The van der Waals surface area contributed by atoms with Crippen molar-refractivity contribution in [2.75, 3.05) is 18.0 Å². The minimum Gasteiger partial charge on any atom is -0.347 e. The molecule has 1 N–H and O–H groups in total. The lowest BCUT2D eigenvalue weighted by Gasteiger charge is -2.17. The number of anilines is 1. The molecule has 0 unspecified atom stereocenters. The van der Waals surface area contributed by atoms with Crippen molar-refractivity contribution in [2.45, 2.75) is 32.2 Å². The van der Waals surface area contributed by atoms with Gasteiger partial charge in [-0.1, -0.05) is 42.4 Å². The predicted molar refractivity (Wildman–Crippen MR) is 105 cm³/mol. The maximum Gasteiger partial charge on any atom is 0.274 e. The summed E-state index contributed by atoms with van der Waals surface area (Å²) in [5, 5.41) is 7.95. The standard InChI is InChI=1S/C19H20FN5O2S/c20-14-8-4-3-7-13(14)12-21-17(27)15-11-16(26)22-18-25(15)23-19(28-18)24-9-5-1-2-6-10-24/h3-4,7-8,11H,1-2,5-6,9-10,12H2,(H,21,27). The third-order valence-corrected chi connectivity index (χ3v) is 5.72. The van der Waals surface area contributed by atoms with Crippen LogP contribution in [0.2, 0.25) is 0 Å². The zero-order valence-electron chi connectivity index (χ0n) is 15.2. The SMILES string of the molecule is O=C(NCc1ccccc1F)c1cc(=O)nc2sc(N3CCCCCC3)nn12. The first-order valence-corrected chi connectivity index (χ1v) is 10.1. The van der Waals surface area contributed by atoms with Gasteiger partial charge in [-0.25, -0.2) is 4.39 Å². The number of nitrogens with zero attached hydrogens (tertiary/aromatic N) is 4. The fourth-order valence-corrected chi connectivity index (χ4v) is 4.22. The van der Waals surface area contributed by atoms with E-state index >= 15 is 0 Å². The molecule has 3 heterocycles. The maximum absolute atomic E-state index is 13.8. The molecule has 7 nitrogen and oxygen atoms in total. The lowest BCUT2D eigenvalue weighted by molar-refractivity contribution is 0.0943. The number of amides is 1. The van der Waals surface area contributed by atoms with Gasteiger partial charge in [-0.05, 0) is 18.9 Å². The van der Waals surface area contributed by atoms with E-state index in [0.29, 0.717) is 10.5 Å². The summed E-state index contributed by atoms with van der Waals surface area (Å²) in [4.78, 5) is 31.2. The zero-order chi connectivity index (χ0) is 19.5. The van der Waals surface area contributed by atoms with Gasteiger partial charge in [-0.15, -0.1) is 5.10 Å². The summed E-state index contributed by atoms with van der Waals surface area (Å²) >= 11 is 1.30. The maximum atomic E-state index is 13.8. The smallest absolute Gasteiger partial charge is 0.274 e. The van der Waals surface area contributed by atoms with Crippen molar-refractivity contribution in [3.05, 3.63) is 57.8 Å². The third-order valence-electron chi connectivity index (χ3n) is 4.75. The highest BCUT2D eigenvalue weighted by atomic mass is 32.1. The molecule has 1 aliphatic rings. The second-order valence-electron chi connectivity index (χ2n) is 6.73. The fraction of sp³-hybridized carbons (Fsp3) is 0.368. The van der Waals surface area contributed by atoms with E-state index in [9.17, 15) is 14.0 Å². The van der Waals surface area contributed by atoms with Crippen molar-refractivity contribution in [3.8, 4) is 0 Å². The molecule has 0 atom stereocenters. The van der Waals surface area contributed by atoms with E-state index in [1.807, 2.05) is 0 Å². The Labute approximate surface area is 164 Å². The van der Waals surface area contributed by atoms with E-state index in [2.05, 4.69) is 20.3 Å². The molecular weight excluding hydrogens is 381 g/mol. The molecule has 0 saturated carbocycles. The highest BCUT2D eigenvalue weighted by molar-refractivity contribution is 7.20. The monoisotopic (exact) mass is 401 g/mol. The Hall–Kier alpha value is -2.81. The number of carbonyl (C=O) groups is 1. The van der Waals surface area contributed by atoms with Crippen LogP contribution in [0.1, 0.15) is 41.7 Å². The van der Waals surface area contributed by atoms with E-state index in [0.717, 1.165) is 37.1 Å². The van der Waals surface area contributed by atoms with E-state index in [4.69, 9.17) is 0 Å². The number of hydrogen-bond donors (Lipinski definition) is 1. The van der Waals surface area contributed by atoms with E-state index < -0.39 is 17.3 Å². The first-order valence-electron chi connectivity index (χ1n) is 9.29. The van der Waals surface area contributed by atoms with E-state index in [-0.39, 0.29) is 12.2 Å². The summed E-state index contributed by atoms with van der Waals surface area (Å²) in [7, 11) is 0. The van der Waals surface area contributed by atoms with Gasteiger partial charge in [0.05, 0.1) is 0 Å². The van der Waals surface area contributed by atoms with Crippen molar-refractivity contribution in [1.29, 1.82) is 0 Å². The molecule has 1 aromatic carbocycles. The highest BCUT2D eigenvalue weighted by Crippen LogP contribution is 2.25. The molecular formula is C19H20FN5O2S. The van der Waals surface area contributed by atoms with Gasteiger partial charge in [0.2, 0.25) is 10.1 Å². The summed E-state index contributed by atoms with van der Waals surface area (Å²) in [6.07, 6.45) is 4.58. The lowest BCUT2D eigenvalue weighted by atomic mass is 10.2. The van der Waals surface area contributed by atoms with Crippen LogP contribution in [0, 0.1) is 5.82 Å². The van der Waals surface area contributed by atoms with Crippen LogP contribution in [0.5, 0.6) is 0 Å². The summed E-state index contributed by atoms with van der Waals surface area (Å²) in [6, 6.07) is 7.39. The molecule has 0 bridgehead atoms. The second kappa shape index (κ2) is 8.05. The Morgan fingerprint density at radius 2 is 1.93 bits per heavy atom. The first kappa shape index (κ1) is 18.5. The van der Waals surface area contributed by atoms with Gasteiger partial charge in [-0.3, -0.25) is 9.59 Å². The predicted octanol–water partition coefficient (Wildman–Crippen LogP) is 2.60. The van der Waals surface area contributed by atoms with Gasteiger partial charge in [0.15, 0.2) is 0 Å². The molecule has 1 fully saturated rings. The quantitative estimate of drug-likeness (QED) is 0.727. The van der Waals surface area contributed by atoms with Crippen LogP contribution < -0.4 is 15.8 Å². The van der Waals surface area contributed by atoms with Crippen molar-refractivity contribution in [1.82, 2.24) is 19.9 Å². The summed E-state index contributed by atoms with van der Waals surface area (Å²) in [5.74, 6) is -0.887. The van der Waals surface area contributed by atoms with Gasteiger partial charge < -0.3 is 10.2 Å². The fourth-order valence-electron chi connectivity index (χ4n) is 3.26. The summed E-state index contributed by atoms with van der Waals surface area (Å²) in [5.41, 5.74) is -0.0252. The summed E-state index contributed by atoms with van der Waals surface area (Å²) in [6.45, 7) is 1.83. The Kier molecular flexibility index (Phi) is 5.34. The van der Waals surface area contributed by atoms with Gasteiger partial charge in [0.1, 0.15) is 11.5 Å². The van der Waals surface area contributed by atoms with Crippen LogP contribution in [-0.2, 0) is 6.54 Å². The molecule has 28 heavy (non-hydrogen) atoms. The van der Waals surface area contributed by atoms with Crippen LogP contribution >= 0.6 is 11.3 Å². The molecule has 1 amide bonds. The number of benzene rings is 1. The Bertz CT molecular complexity index is 1060. The van der Waals surface area contributed by atoms with Crippen LogP contribution in [0.3, 0.4) is 0 Å². The number of rotatable bonds is 4. The van der Waals surface area contributed by atoms with Crippen LogP contribution in [0.4, 0.5) is 9.52 Å². The molecule has 0 aliphatic carbocycles. The second-order valence-corrected chi connectivity index (χ2v) is 7.67. The lowest BCUT2D eigenvalue weighted by Crippen LogP contribution is -2.28. The number of fused-ring (bicyclic) bond motifs is 1. The van der Waals surface area contributed by atoms with Crippen LogP contribution in [0.25, 0.3) is 4.96 Å². The number of halogens is 1. The Balaban J connectivity index is 1.61. The van der Waals surface area contributed by atoms with Crippen LogP contribution in [0.15, 0.2) is 35.1 Å².